The smallest absolute Gasteiger partial charge is 0.293 e. The number of hydrogen-bond donors (Lipinski definition) is 0. The van der Waals surface area contributed by atoms with Crippen LogP contribution in [0, 0.1) is 5.82 Å². The number of carbonyl (C=O) groups is 2. The Morgan fingerprint density at radius 1 is 1.25 bits per heavy atom. The second-order valence-corrected chi connectivity index (χ2v) is 6.26. The highest BCUT2D eigenvalue weighted by Crippen LogP contribution is 2.33. The Morgan fingerprint density at radius 3 is 2.75 bits per heavy atom. The minimum Gasteiger partial charge on any atom is -0.465 e. The highest BCUT2D eigenvalue weighted by atomic mass is 32.2. The van der Waals surface area contributed by atoms with Gasteiger partial charge in [-0.1, -0.05) is 18.2 Å². The topological polar surface area (TPSA) is 50.5 Å². The van der Waals surface area contributed by atoms with Gasteiger partial charge in [0.2, 0.25) is 0 Å². The molecule has 0 radical (unpaired) electrons. The van der Waals surface area contributed by atoms with Crippen molar-refractivity contribution in [2.75, 3.05) is 0 Å². The quantitative estimate of drug-likeness (QED) is 0.761. The lowest BCUT2D eigenvalue weighted by Crippen LogP contribution is -2.27. The Kier molecular flexibility index (Phi) is 4.66. The lowest BCUT2D eigenvalue weighted by molar-refractivity contribution is -0.123. The molecule has 1 fully saturated rings. The van der Waals surface area contributed by atoms with Gasteiger partial charge in [0.25, 0.3) is 11.1 Å². The van der Waals surface area contributed by atoms with Crippen LogP contribution in [0.1, 0.15) is 18.2 Å². The number of halogens is 1. The van der Waals surface area contributed by atoms with Crippen molar-refractivity contribution in [3.63, 3.8) is 0 Å². The Morgan fingerprint density at radius 2 is 2.04 bits per heavy atom. The molecule has 1 aromatic carbocycles. The van der Waals surface area contributed by atoms with Crippen LogP contribution in [0.3, 0.4) is 0 Å². The number of carbonyl (C=O) groups excluding carboxylic acids is 2. The Labute approximate surface area is 142 Å². The van der Waals surface area contributed by atoms with E-state index in [-0.39, 0.29) is 6.54 Å². The molecule has 1 aliphatic heterocycles. The largest absolute Gasteiger partial charge is 0.465 e. The third kappa shape index (κ3) is 3.49. The Hall–Kier alpha value is -2.60. The third-order valence-corrected chi connectivity index (χ3v) is 4.34. The molecule has 0 saturated carbocycles. The van der Waals surface area contributed by atoms with Gasteiger partial charge in [-0.25, -0.2) is 4.39 Å². The predicted octanol–water partition coefficient (Wildman–Crippen LogP) is 4.60. The van der Waals surface area contributed by atoms with Crippen LogP contribution in [0.25, 0.3) is 6.08 Å². The van der Waals surface area contributed by atoms with Crippen molar-refractivity contribution in [2.45, 2.75) is 13.5 Å². The summed E-state index contributed by atoms with van der Waals surface area (Å²) in [6.07, 6.45) is 4.96. The fourth-order valence-electron chi connectivity index (χ4n) is 2.28. The van der Waals surface area contributed by atoms with Gasteiger partial charge in [0, 0.05) is 5.56 Å². The second-order valence-electron chi connectivity index (χ2n) is 5.26. The first-order valence-electron chi connectivity index (χ1n) is 7.25. The molecule has 1 saturated heterocycles. The maximum Gasteiger partial charge on any atom is 0.293 e. The van der Waals surface area contributed by atoms with Gasteiger partial charge in [-0.05, 0) is 54.6 Å². The van der Waals surface area contributed by atoms with E-state index >= 15 is 0 Å². The summed E-state index contributed by atoms with van der Waals surface area (Å²) in [5, 5.41) is -0.402. The Balaban J connectivity index is 1.79. The fourth-order valence-corrected chi connectivity index (χ4v) is 3.17. The summed E-state index contributed by atoms with van der Waals surface area (Å²) < 4.78 is 18.9. The van der Waals surface area contributed by atoms with Crippen molar-refractivity contribution in [2.24, 2.45) is 0 Å². The molecule has 1 aromatic heterocycles. The molecule has 2 aromatic rings. The van der Waals surface area contributed by atoms with Crippen molar-refractivity contribution in [1.29, 1.82) is 0 Å². The molecule has 0 N–H and O–H groups in total. The number of thioether (sulfide) groups is 1. The SMILES string of the molecule is CC(/C=C1\SC(=O)N(Cc2ccccc2F)C1=O)=C\c1ccco1. The Bertz CT molecular complexity index is 840. The van der Waals surface area contributed by atoms with Gasteiger partial charge >= 0.3 is 0 Å². The van der Waals surface area contributed by atoms with E-state index in [4.69, 9.17) is 4.42 Å². The van der Waals surface area contributed by atoms with Crippen LogP contribution < -0.4 is 0 Å². The van der Waals surface area contributed by atoms with Gasteiger partial charge < -0.3 is 4.42 Å². The first-order valence-corrected chi connectivity index (χ1v) is 8.07. The van der Waals surface area contributed by atoms with E-state index in [0.717, 1.165) is 22.2 Å². The zero-order valence-electron chi connectivity index (χ0n) is 12.9. The normalized spacial score (nSPS) is 17.2. The number of benzene rings is 1. The van der Waals surface area contributed by atoms with Crippen LogP contribution in [-0.4, -0.2) is 16.0 Å². The van der Waals surface area contributed by atoms with Crippen molar-refractivity contribution < 1.29 is 18.4 Å². The first-order chi connectivity index (χ1) is 11.5. The molecule has 0 aliphatic carbocycles. The molecule has 122 valence electrons. The van der Waals surface area contributed by atoms with E-state index in [1.165, 1.54) is 6.07 Å². The standard InChI is InChI=1S/C18H14FNO3S/c1-12(9-14-6-4-8-23-14)10-16-17(21)20(18(22)24-16)11-13-5-2-3-7-15(13)19/h2-10H,11H2,1H3/b12-9+,16-10-. The predicted molar refractivity (Wildman–Crippen MR) is 90.4 cm³/mol. The van der Waals surface area contributed by atoms with E-state index in [9.17, 15) is 14.0 Å². The van der Waals surface area contributed by atoms with Crippen LogP contribution in [0.15, 0.2) is 63.6 Å². The summed E-state index contributed by atoms with van der Waals surface area (Å²) in [7, 11) is 0. The highest BCUT2D eigenvalue weighted by molar-refractivity contribution is 8.18. The molecule has 0 atom stereocenters. The van der Waals surface area contributed by atoms with Gasteiger partial charge in [0.05, 0.1) is 17.7 Å². The molecule has 2 amide bonds. The zero-order chi connectivity index (χ0) is 17.1. The van der Waals surface area contributed by atoms with E-state index in [1.807, 2.05) is 6.92 Å². The average Bonchev–Trinajstić information content (AvgIpc) is 3.13. The van der Waals surface area contributed by atoms with Gasteiger partial charge in [-0.2, -0.15) is 0 Å². The number of amides is 2. The molecule has 3 rings (SSSR count). The lowest BCUT2D eigenvalue weighted by Gasteiger charge is -2.12. The van der Waals surface area contributed by atoms with Gasteiger partial charge in [-0.15, -0.1) is 0 Å². The molecule has 1 aliphatic rings. The van der Waals surface area contributed by atoms with Crippen molar-refractivity contribution >= 4 is 29.0 Å². The monoisotopic (exact) mass is 343 g/mol. The third-order valence-electron chi connectivity index (χ3n) is 3.43. The number of furan rings is 1. The van der Waals surface area contributed by atoms with Crippen LogP contribution in [0.2, 0.25) is 0 Å². The maximum absolute atomic E-state index is 13.7. The van der Waals surface area contributed by atoms with Gasteiger partial charge in [-0.3, -0.25) is 14.5 Å². The van der Waals surface area contributed by atoms with Crippen molar-refractivity contribution in [3.05, 3.63) is 76.4 Å². The van der Waals surface area contributed by atoms with Crippen LogP contribution in [0.5, 0.6) is 0 Å². The van der Waals surface area contributed by atoms with E-state index in [1.54, 1.807) is 48.7 Å². The van der Waals surface area contributed by atoms with E-state index < -0.39 is 17.0 Å². The van der Waals surface area contributed by atoms with E-state index in [2.05, 4.69) is 0 Å². The molecule has 0 unspecified atom stereocenters. The molecule has 2 heterocycles. The summed E-state index contributed by atoms with van der Waals surface area (Å²) >= 11 is 0.852. The maximum atomic E-state index is 13.7. The van der Waals surface area contributed by atoms with Crippen LogP contribution in [0.4, 0.5) is 9.18 Å². The van der Waals surface area contributed by atoms with E-state index in [0.29, 0.717) is 16.2 Å². The summed E-state index contributed by atoms with van der Waals surface area (Å²) in [5.41, 5.74) is 1.09. The van der Waals surface area contributed by atoms with Crippen LogP contribution in [-0.2, 0) is 11.3 Å². The summed E-state index contributed by atoms with van der Waals surface area (Å²) in [4.78, 5) is 25.9. The number of allylic oxidation sites excluding steroid dienone is 2. The van der Waals surface area contributed by atoms with Gasteiger partial charge in [0.15, 0.2) is 0 Å². The van der Waals surface area contributed by atoms with Crippen LogP contribution >= 0.6 is 11.8 Å². The number of hydrogen-bond acceptors (Lipinski definition) is 4. The molecule has 0 bridgehead atoms. The molecule has 6 heteroatoms. The number of nitrogens with zero attached hydrogens (tertiary/aromatic N) is 1. The number of rotatable bonds is 4. The number of imide groups is 1. The van der Waals surface area contributed by atoms with Crippen molar-refractivity contribution in [3.8, 4) is 0 Å². The fraction of sp³-hybridized carbons (Fsp3) is 0.111. The summed E-state index contributed by atoms with van der Waals surface area (Å²) in [6, 6.07) is 9.66. The zero-order valence-corrected chi connectivity index (χ0v) is 13.7. The van der Waals surface area contributed by atoms with Gasteiger partial charge in [0.1, 0.15) is 11.6 Å². The minimum absolute atomic E-state index is 0.0738. The molecular formula is C18H14FNO3S. The highest BCUT2D eigenvalue weighted by Gasteiger charge is 2.35. The molecule has 24 heavy (non-hydrogen) atoms. The van der Waals surface area contributed by atoms with Crippen molar-refractivity contribution in [1.82, 2.24) is 4.90 Å². The second kappa shape index (κ2) is 6.88. The minimum atomic E-state index is -0.436. The molecular weight excluding hydrogens is 329 g/mol. The first kappa shape index (κ1) is 16.3. The summed E-state index contributed by atoms with van der Waals surface area (Å²) in [6.45, 7) is 1.74. The molecule has 0 spiro atoms. The molecule has 4 nitrogen and oxygen atoms in total. The average molecular weight is 343 g/mol. The lowest BCUT2D eigenvalue weighted by atomic mass is 10.2. The summed E-state index contributed by atoms with van der Waals surface area (Å²) in [5.74, 6) is -0.191.